The molecule has 2 N–H and O–H groups in total. The Labute approximate surface area is 153 Å². The maximum atomic E-state index is 13.1. The van der Waals surface area contributed by atoms with Crippen LogP contribution < -0.4 is 5.14 Å². The standard InChI is InChI=1S/C20H20N2O3S/c1-13-3-2-4-15(11-13)19-18(12-22(20(19)23)16-7-8-16)14-5-9-17(10-6-14)26(21,24)25/h2-6,9-11,16H,7-8,12H2,1H3,(H2,21,24,25). The minimum atomic E-state index is -3.73. The van der Waals surface area contributed by atoms with E-state index in [4.69, 9.17) is 5.14 Å². The molecule has 4 rings (SSSR count). The van der Waals surface area contributed by atoms with Crippen LogP contribution in [0.4, 0.5) is 0 Å². The highest BCUT2D eigenvalue weighted by Crippen LogP contribution is 2.40. The van der Waals surface area contributed by atoms with Gasteiger partial charge in [-0.1, -0.05) is 42.0 Å². The Balaban J connectivity index is 1.82. The molecule has 0 spiro atoms. The lowest BCUT2D eigenvalue weighted by atomic mass is 9.96. The molecule has 0 radical (unpaired) electrons. The van der Waals surface area contributed by atoms with Crippen molar-refractivity contribution in [3.63, 3.8) is 0 Å². The number of rotatable bonds is 4. The van der Waals surface area contributed by atoms with Crippen molar-refractivity contribution in [1.82, 2.24) is 4.90 Å². The first-order valence-corrected chi connectivity index (χ1v) is 10.1. The van der Waals surface area contributed by atoms with Gasteiger partial charge in [0.2, 0.25) is 10.0 Å². The van der Waals surface area contributed by atoms with E-state index in [0.29, 0.717) is 18.2 Å². The summed E-state index contributed by atoms with van der Waals surface area (Å²) in [5.74, 6) is 0.0589. The van der Waals surface area contributed by atoms with E-state index in [0.717, 1.165) is 35.1 Å². The highest BCUT2D eigenvalue weighted by Gasteiger charge is 2.40. The molecule has 1 amide bonds. The zero-order valence-electron chi connectivity index (χ0n) is 14.5. The molecular formula is C20H20N2O3S. The van der Waals surface area contributed by atoms with Gasteiger partial charge in [-0.05, 0) is 48.6 Å². The van der Waals surface area contributed by atoms with Crippen LogP contribution in [0.3, 0.4) is 0 Å². The average molecular weight is 368 g/mol. The van der Waals surface area contributed by atoms with E-state index < -0.39 is 10.0 Å². The van der Waals surface area contributed by atoms with E-state index in [1.54, 1.807) is 12.1 Å². The topological polar surface area (TPSA) is 80.5 Å². The largest absolute Gasteiger partial charge is 0.331 e. The number of nitrogens with two attached hydrogens (primary N) is 1. The third-order valence-electron chi connectivity index (χ3n) is 4.93. The van der Waals surface area contributed by atoms with Gasteiger partial charge in [-0.25, -0.2) is 13.6 Å². The molecule has 2 aliphatic rings. The second kappa shape index (κ2) is 6.07. The van der Waals surface area contributed by atoms with Crippen molar-refractivity contribution in [3.8, 4) is 0 Å². The zero-order valence-corrected chi connectivity index (χ0v) is 15.3. The predicted molar refractivity (Wildman–Crippen MR) is 101 cm³/mol. The van der Waals surface area contributed by atoms with Crippen LogP contribution in [0, 0.1) is 6.92 Å². The fourth-order valence-corrected chi connectivity index (χ4v) is 3.97. The first kappa shape index (κ1) is 17.0. The molecule has 0 unspecified atom stereocenters. The van der Waals surface area contributed by atoms with Crippen molar-refractivity contribution < 1.29 is 13.2 Å². The number of amides is 1. The van der Waals surface area contributed by atoms with E-state index >= 15 is 0 Å². The van der Waals surface area contributed by atoms with Gasteiger partial charge in [-0.2, -0.15) is 0 Å². The normalized spacial score (nSPS) is 17.9. The van der Waals surface area contributed by atoms with Crippen LogP contribution in [-0.2, 0) is 14.8 Å². The van der Waals surface area contributed by atoms with Crippen LogP contribution in [0.2, 0.25) is 0 Å². The Morgan fingerprint density at radius 3 is 2.31 bits per heavy atom. The molecule has 1 heterocycles. The summed E-state index contributed by atoms with van der Waals surface area (Å²) in [4.78, 5) is 15.1. The highest BCUT2D eigenvalue weighted by atomic mass is 32.2. The molecule has 1 fully saturated rings. The van der Waals surface area contributed by atoms with Gasteiger partial charge < -0.3 is 4.90 Å². The number of nitrogens with zero attached hydrogens (tertiary/aromatic N) is 1. The number of carbonyl (C=O) groups excluding carboxylic acids is 1. The van der Waals surface area contributed by atoms with Crippen LogP contribution in [0.25, 0.3) is 11.1 Å². The first-order chi connectivity index (χ1) is 12.3. The van der Waals surface area contributed by atoms with Gasteiger partial charge in [-0.3, -0.25) is 4.79 Å². The SMILES string of the molecule is Cc1cccc(C2=C(c3ccc(S(N)(=O)=O)cc3)CN(C3CC3)C2=O)c1. The number of benzene rings is 2. The van der Waals surface area contributed by atoms with Crippen molar-refractivity contribution >= 4 is 27.1 Å². The lowest BCUT2D eigenvalue weighted by molar-refractivity contribution is -0.124. The maximum absolute atomic E-state index is 13.1. The fraction of sp³-hybridized carbons (Fsp3) is 0.250. The second-order valence-electron chi connectivity index (χ2n) is 6.96. The first-order valence-electron chi connectivity index (χ1n) is 8.59. The van der Waals surface area contributed by atoms with Crippen LogP contribution in [-0.4, -0.2) is 31.8 Å². The monoisotopic (exact) mass is 368 g/mol. The van der Waals surface area contributed by atoms with E-state index in [-0.39, 0.29) is 10.8 Å². The van der Waals surface area contributed by atoms with Crippen LogP contribution in [0.15, 0.2) is 53.4 Å². The molecule has 0 atom stereocenters. The van der Waals surface area contributed by atoms with Gasteiger partial charge in [0.25, 0.3) is 5.91 Å². The molecule has 0 aromatic heterocycles. The number of primary sulfonamides is 1. The van der Waals surface area contributed by atoms with Gasteiger partial charge in [0.05, 0.1) is 10.5 Å². The number of carbonyl (C=O) groups is 1. The van der Waals surface area contributed by atoms with E-state index in [1.807, 2.05) is 36.1 Å². The Morgan fingerprint density at radius 2 is 1.73 bits per heavy atom. The number of sulfonamides is 1. The Bertz CT molecular complexity index is 1020. The van der Waals surface area contributed by atoms with Gasteiger partial charge in [0, 0.05) is 12.6 Å². The third-order valence-corrected chi connectivity index (χ3v) is 5.86. The maximum Gasteiger partial charge on any atom is 0.255 e. The molecule has 26 heavy (non-hydrogen) atoms. The van der Waals surface area contributed by atoms with E-state index in [1.165, 1.54) is 12.1 Å². The quantitative estimate of drug-likeness (QED) is 0.901. The van der Waals surface area contributed by atoms with Crippen LogP contribution >= 0.6 is 0 Å². The van der Waals surface area contributed by atoms with Gasteiger partial charge in [0.1, 0.15) is 0 Å². The lowest BCUT2D eigenvalue weighted by Gasteiger charge is -2.15. The smallest absolute Gasteiger partial charge is 0.255 e. The molecule has 5 nitrogen and oxygen atoms in total. The minimum Gasteiger partial charge on any atom is -0.331 e. The van der Waals surface area contributed by atoms with E-state index in [2.05, 4.69) is 0 Å². The third kappa shape index (κ3) is 3.06. The van der Waals surface area contributed by atoms with Crippen LogP contribution in [0.1, 0.15) is 29.5 Å². The highest BCUT2D eigenvalue weighted by molar-refractivity contribution is 7.89. The summed E-state index contributed by atoms with van der Waals surface area (Å²) >= 11 is 0. The van der Waals surface area contributed by atoms with Crippen molar-refractivity contribution in [2.75, 3.05) is 6.54 Å². The van der Waals surface area contributed by atoms with Crippen LogP contribution in [0.5, 0.6) is 0 Å². The Morgan fingerprint density at radius 1 is 1.04 bits per heavy atom. The molecule has 2 aromatic carbocycles. The molecule has 134 valence electrons. The summed E-state index contributed by atoms with van der Waals surface area (Å²) in [5.41, 5.74) is 4.50. The molecular weight excluding hydrogens is 348 g/mol. The zero-order chi connectivity index (χ0) is 18.5. The molecule has 2 aromatic rings. The molecule has 1 saturated carbocycles. The second-order valence-corrected chi connectivity index (χ2v) is 8.52. The number of hydrogen-bond donors (Lipinski definition) is 1. The molecule has 0 saturated heterocycles. The minimum absolute atomic E-state index is 0.0589. The molecule has 6 heteroatoms. The Kier molecular flexibility index (Phi) is 3.97. The molecule has 0 bridgehead atoms. The van der Waals surface area contributed by atoms with Gasteiger partial charge in [-0.15, -0.1) is 0 Å². The lowest BCUT2D eigenvalue weighted by Crippen LogP contribution is -2.29. The Hall–Kier alpha value is -2.44. The molecule has 1 aliphatic heterocycles. The summed E-state index contributed by atoms with van der Waals surface area (Å²) in [5, 5.41) is 5.19. The summed E-state index contributed by atoms with van der Waals surface area (Å²) in [6.45, 7) is 2.56. The summed E-state index contributed by atoms with van der Waals surface area (Å²) in [6, 6.07) is 14.7. The average Bonchev–Trinajstić information content (AvgIpc) is 3.37. The number of hydrogen-bond acceptors (Lipinski definition) is 3. The fourth-order valence-electron chi connectivity index (χ4n) is 3.45. The van der Waals surface area contributed by atoms with Crippen molar-refractivity contribution in [3.05, 3.63) is 65.2 Å². The van der Waals surface area contributed by atoms with Gasteiger partial charge >= 0.3 is 0 Å². The van der Waals surface area contributed by atoms with Crippen molar-refractivity contribution in [2.45, 2.75) is 30.7 Å². The van der Waals surface area contributed by atoms with E-state index in [9.17, 15) is 13.2 Å². The van der Waals surface area contributed by atoms with Crippen molar-refractivity contribution in [1.29, 1.82) is 0 Å². The number of aryl methyl sites for hydroxylation is 1. The summed E-state index contributed by atoms with van der Waals surface area (Å²) in [7, 11) is -3.73. The predicted octanol–water partition coefficient (Wildman–Crippen LogP) is 2.56. The summed E-state index contributed by atoms with van der Waals surface area (Å²) < 4.78 is 23.0. The van der Waals surface area contributed by atoms with Crippen molar-refractivity contribution in [2.24, 2.45) is 5.14 Å². The summed E-state index contributed by atoms with van der Waals surface area (Å²) in [6.07, 6.45) is 2.09. The van der Waals surface area contributed by atoms with Gasteiger partial charge in [0.15, 0.2) is 0 Å². The molecule has 1 aliphatic carbocycles.